The van der Waals surface area contributed by atoms with Crippen LogP contribution < -0.4 is 22.0 Å². The first-order valence-electron chi connectivity index (χ1n) is 18.0. The van der Waals surface area contributed by atoms with Gasteiger partial charge in [0.2, 0.25) is 5.88 Å². The molecule has 1 aromatic carbocycles. The smallest absolute Gasteiger partial charge is 0.263 e. The van der Waals surface area contributed by atoms with E-state index >= 15 is 0 Å². The van der Waals surface area contributed by atoms with Gasteiger partial charge >= 0.3 is 0 Å². The van der Waals surface area contributed by atoms with E-state index in [4.69, 9.17) is 14.5 Å². The zero-order valence-electron chi connectivity index (χ0n) is 30.8. The fourth-order valence-corrected chi connectivity index (χ4v) is 7.00. The first kappa shape index (κ1) is 39.3. The quantitative estimate of drug-likeness (QED) is 0.0552. The van der Waals surface area contributed by atoms with Crippen molar-refractivity contribution in [3.05, 3.63) is 66.5 Å². The van der Waals surface area contributed by atoms with E-state index in [2.05, 4.69) is 10.3 Å². The summed E-state index contributed by atoms with van der Waals surface area (Å²) in [5.41, 5.74) is -0.406. The van der Waals surface area contributed by atoms with E-state index in [1.807, 2.05) is 38.0 Å². The van der Waals surface area contributed by atoms with E-state index in [1.165, 1.54) is 9.13 Å². The van der Waals surface area contributed by atoms with Crippen molar-refractivity contribution < 1.29 is 35.0 Å². The van der Waals surface area contributed by atoms with Gasteiger partial charge in [-0.05, 0) is 78.7 Å². The van der Waals surface area contributed by atoms with Crippen molar-refractivity contribution >= 4 is 21.5 Å². The number of hydrogen-bond donors (Lipinski definition) is 5. The molecular weight excluding hydrogens is 704 g/mol. The highest BCUT2D eigenvalue weighted by Crippen LogP contribution is 2.36. The molecule has 2 aliphatic heterocycles. The van der Waals surface area contributed by atoms with Gasteiger partial charge in [0.1, 0.15) is 30.1 Å². The number of aryl methyl sites for hydroxylation is 1. The molecule has 0 amide bonds. The number of nitrogens with zero attached hydrogens (tertiary/aromatic N) is 8. The van der Waals surface area contributed by atoms with Crippen molar-refractivity contribution in [2.75, 3.05) is 54.4 Å². The molecule has 18 nitrogen and oxygen atoms in total. The van der Waals surface area contributed by atoms with Crippen LogP contribution in [0.3, 0.4) is 0 Å². The molecule has 5 N–H and O–H groups in total. The van der Waals surface area contributed by atoms with Crippen LogP contribution in [0.15, 0.2) is 43.8 Å². The van der Waals surface area contributed by atoms with Gasteiger partial charge in [-0.25, -0.2) is 0 Å². The molecule has 1 fully saturated rings. The number of benzene rings is 2. The van der Waals surface area contributed by atoms with Crippen LogP contribution in [0.25, 0.3) is 32.7 Å². The van der Waals surface area contributed by atoms with E-state index in [0.717, 1.165) is 0 Å². The fourth-order valence-electron chi connectivity index (χ4n) is 7.00. The zero-order chi connectivity index (χ0) is 38.8. The normalized spacial score (nSPS) is 21.2. The average Bonchev–Trinajstić information content (AvgIpc) is 3.60. The number of aliphatic hydroxyl groups is 4. The molecule has 0 unspecified atom stereocenters. The third-order valence-corrected chi connectivity index (χ3v) is 9.80. The number of pyridine rings is 2. The third-order valence-electron chi connectivity index (χ3n) is 9.80. The summed E-state index contributed by atoms with van der Waals surface area (Å²) in [4.78, 5) is 50.6. The standard InChI is InChI=1S/C36H48N8O10/c1-40(2)11-6-14-43-32(49)21-8-9-22-27-26(21)23(34(43)51)16-24(28(27)35(52)44(33(22)50)15-7-12-41(3)4)37-10-5-13-42-17-20(38-39-42)19-53-36-31(48)30(47)29(46)25(18-45)54-36/h8-9,16-17,25,29-31,36,45-48,50H,5-7,10-15,18-19H2,1-4H3/t25-,29-,30+,31+,36+/m1/s1. The highest BCUT2D eigenvalue weighted by atomic mass is 16.7. The van der Waals surface area contributed by atoms with Crippen molar-refractivity contribution in [3.8, 4) is 17.0 Å². The number of aromatic hydroxyl groups is 1. The van der Waals surface area contributed by atoms with Crippen molar-refractivity contribution in [2.45, 2.75) is 76.2 Å². The Hall–Kier alpha value is -4.40. The number of hydrogen-bond acceptors (Lipinski definition) is 15. The van der Waals surface area contributed by atoms with E-state index < -0.39 is 54.0 Å². The van der Waals surface area contributed by atoms with E-state index in [1.54, 1.807) is 29.1 Å². The van der Waals surface area contributed by atoms with Gasteiger partial charge in [0.25, 0.3) is 16.7 Å². The Kier molecular flexibility index (Phi) is 12.0. The number of rotatable bonds is 16. The zero-order valence-corrected chi connectivity index (χ0v) is 30.8. The first-order chi connectivity index (χ1) is 25.8. The van der Waals surface area contributed by atoms with Crippen molar-refractivity contribution in [3.63, 3.8) is 0 Å². The molecule has 4 heterocycles. The Bertz CT molecular complexity index is 2270. The van der Waals surface area contributed by atoms with Gasteiger partial charge in [-0.1, -0.05) is 5.21 Å². The Morgan fingerprint density at radius 1 is 0.852 bits per heavy atom. The second-order valence-electron chi connectivity index (χ2n) is 14.3. The highest BCUT2D eigenvalue weighted by molar-refractivity contribution is 6.15. The van der Waals surface area contributed by atoms with Gasteiger partial charge in [-0.3, -0.25) is 33.2 Å². The van der Waals surface area contributed by atoms with Gasteiger partial charge in [-0.2, -0.15) is 0 Å². The van der Waals surface area contributed by atoms with Crippen LogP contribution in [0.4, 0.5) is 0 Å². The molecule has 54 heavy (non-hydrogen) atoms. The molecule has 18 heteroatoms. The minimum Gasteiger partial charge on any atom is -0.494 e. The number of aromatic nitrogens is 5. The Labute approximate surface area is 309 Å². The highest BCUT2D eigenvalue weighted by Gasteiger charge is 2.44. The molecule has 3 aliphatic rings. The van der Waals surface area contributed by atoms with Gasteiger partial charge in [0.05, 0.1) is 35.7 Å². The maximum atomic E-state index is 14.2. The third kappa shape index (κ3) is 7.74. The fraction of sp³-hybridized carbons (Fsp3) is 0.556. The maximum Gasteiger partial charge on any atom is 0.263 e. The van der Waals surface area contributed by atoms with Crippen LogP contribution in [-0.2, 0) is 35.7 Å². The molecule has 1 saturated heterocycles. The summed E-state index contributed by atoms with van der Waals surface area (Å²) in [6.45, 7) is 1.71. The summed E-state index contributed by atoms with van der Waals surface area (Å²) >= 11 is 0. The maximum absolute atomic E-state index is 14.2. The molecule has 292 valence electrons. The summed E-state index contributed by atoms with van der Waals surface area (Å²) in [6, 6.07) is 4.83. The van der Waals surface area contributed by atoms with Gasteiger partial charge in [-0.15, -0.1) is 5.10 Å². The lowest BCUT2D eigenvalue weighted by Gasteiger charge is -2.39. The van der Waals surface area contributed by atoms with Gasteiger partial charge < -0.3 is 44.8 Å². The van der Waals surface area contributed by atoms with Crippen molar-refractivity contribution in [1.29, 1.82) is 0 Å². The predicted octanol–water partition coefficient (Wildman–Crippen LogP) is -1.83. The summed E-state index contributed by atoms with van der Waals surface area (Å²) in [5, 5.41) is 60.7. The molecule has 0 spiro atoms. The molecule has 2 aromatic heterocycles. The predicted molar refractivity (Wildman–Crippen MR) is 197 cm³/mol. The second-order valence-corrected chi connectivity index (χ2v) is 14.3. The van der Waals surface area contributed by atoms with E-state index in [-0.39, 0.29) is 48.4 Å². The Morgan fingerprint density at radius 2 is 1.54 bits per heavy atom. The lowest BCUT2D eigenvalue weighted by molar-refractivity contribution is -0.304. The minimum atomic E-state index is -1.57. The van der Waals surface area contributed by atoms with Gasteiger partial charge in [0.15, 0.2) is 6.29 Å². The Morgan fingerprint density at radius 3 is 2.22 bits per heavy atom. The summed E-state index contributed by atoms with van der Waals surface area (Å²) < 4.78 is 15.0. The SMILES string of the molecule is CN(C)CCCn1c(O)c2ccc3c4c2c(c(=NCCCn2cc(CO[C@H]5O[C@H](CO)[C@@H](O)[C@H](O)[C@@H]5O)nn2)cc-4c(=O)n(CCCN(C)C)c3=O)c1=O. The summed E-state index contributed by atoms with van der Waals surface area (Å²) in [5.74, 6) is -0.230. The lowest BCUT2D eigenvalue weighted by Crippen LogP contribution is -2.59. The molecule has 5 atom stereocenters. The average molecular weight is 753 g/mol. The molecule has 3 aromatic rings. The van der Waals surface area contributed by atoms with E-state index in [0.29, 0.717) is 66.3 Å². The topological polar surface area (TPSA) is 230 Å². The second kappa shape index (κ2) is 16.5. The number of aliphatic hydroxyl groups excluding tert-OH is 4. The lowest BCUT2D eigenvalue weighted by atomic mass is 9.90. The first-order valence-corrected chi connectivity index (χ1v) is 18.0. The van der Waals surface area contributed by atoms with Crippen LogP contribution in [0.2, 0.25) is 0 Å². The Balaban J connectivity index is 1.30. The molecule has 0 radical (unpaired) electrons. The van der Waals surface area contributed by atoms with Crippen LogP contribution in [0.1, 0.15) is 25.0 Å². The van der Waals surface area contributed by atoms with Crippen LogP contribution in [-0.4, -0.2) is 145 Å². The van der Waals surface area contributed by atoms with Crippen LogP contribution in [0, 0.1) is 0 Å². The van der Waals surface area contributed by atoms with Gasteiger partial charge in [0, 0.05) is 47.9 Å². The molecular formula is C36H48N8O10. The van der Waals surface area contributed by atoms with Crippen molar-refractivity contribution in [1.82, 2.24) is 33.9 Å². The van der Waals surface area contributed by atoms with Crippen LogP contribution >= 0.6 is 0 Å². The van der Waals surface area contributed by atoms with Crippen molar-refractivity contribution in [2.24, 2.45) is 4.99 Å². The monoisotopic (exact) mass is 752 g/mol. The molecule has 6 rings (SSSR count). The molecule has 0 bridgehead atoms. The van der Waals surface area contributed by atoms with E-state index in [9.17, 15) is 39.9 Å². The largest absolute Gasteiger partial charge is 0.494 e. The summed E-state index contributed by atoms with van der Waals surface area (Å²) in [6.07, 6.45) is -3.77. The molecule has 1 aliphatic carbocycles. The number of ether oxygens (including phenoxy) is 2. The molecule has 0 saturated carbocycles. The summed E-state index contributed by atoms with van der Waals surface area (Å²) in [7, 11) is 7.68. The minimum absolute atomic E-state index is 0.139. The van der Waals surface area contributed by atoms with Crippen LogP contribution in [0.5, 0.6) is 5.88 Å².